The van der Waals surface area contributed by atoms with Crippen molar-refractivity contribution in [2.45, 2.75) is 38.5 Å². The lowest BCUT2D eigenvalue weighted by molar-refractivity contribution is 0.112. The fourth-order valence-electron chi connectivity index (χ4n) is 3.74. The van der Waals surface area contributed by atoms with E-state index in [1.807, 2.05) is 12.1 Å². The Morgan fingerprint density at radius 3 is 2.68 bits per heavy atom. The van der Waals surface area contributed by atoms with Crippen LogP contribution in [0.3, 0.4) is 0 Å². The minimum absolute atomic E-state index is 0.528. The summed E-state index contributed by atoms with van der Waals surface area (Å²) in [5.74, 6) is 0. The standard InChI is InChI=1S/C16H20BrNO/c17-14-5-4-13(11-19)15(10-14)18-9-8-16(12-18)6-2-1-3-7-16/h4-5,10-11H,1-3,6-9,12H2. The Labute approximate surface area is 123 Å². The normalized spacial score (nSPS) is 21.8. The smallest absolute Gasteiger partial charge is 0.152 e. The number of benzene rings is 1. The lowest BCUT2D eigenvalue weighted by Gasteiger charge is -2.33. The molecule has 0 radical (unpaired) electrons. The lowest BCUT2D eigenvalue weighted by atomic mass is 9.73. The molecular formula is C16H20BrNO. The minimum Gasteiger partial charge on any atom is -0.370 e. The van der Waals surface area contributed by atoms with Gasteiger partial charge in [0.15, 0.2) is 6.29 Å². The largest absolute Gasteiger partial charge is 0.370 e. The second kappa shape index (κ2) is 5.28. The summed E-state index contributed by atoms with van der Waals surface area (Å²) in [6.07, 6.45) is 9.17. The molecule has 2 nitrogen and oxygen atoms in total. The molecule has 0 atom stereocenters. The average molecular weight is 322 g/mol. The summed E-state index contributed by atoms with van der Waals surface area (Å²) in [5.41, 5.74) is 2.45. The first kappa shape index (κ1) is 13.2. The van der Waals surface area contributed by atoms with Crippen LogP contribution in [0.1, 0.15) is 48.9 Å². The highest BCUT2D eigenvalue weighted by molar-refractivity contribution is 9.10. The van der Waals surface area contributed by atoms with Gasteiger partial charge in [-0.2, -0.15) is 0 Å². The molecule has 1 spiro atoms. The Kier molecular flexibility index (Phi) is 3.66. The van der Waals surface area contributed by atoms with Gasteiger partial charge < -0.3 is 4.90 Å². The highest BCUT2D eigenvalue weighted by Gasteiger charge is 2.39. The number of hydrogen-bond donors (Lipinski definition) is 0. The third-order valence-corrected chi connectivity index (χ3v) is 5.31. The summed E-state index contributed by atoms with van der Waals surface area (Å²) in [6.45, 7) is 2.22. The van der Waals surface area contributed by atoms with Crippen LogP contribution in [0.2, 0.25) is 0 Å². The van der Waals surface area contributed by atoms with Gasteiger partial charge >= 0.3 is 0 Å². The van der Waals surface area contributed by atoms with Gasteiger partial charge in [-0.1, -0.05) is 35.2 Å². The fourth-order valence-corrected chi connectivity index (χ4v) is 4.09. The third-order valence-electron chi connectivity index (χ3n) is 4.81. The summed E-state index contributed by atoms with van der Waals surface area (Å²) >= 11 is 3.52. The fraction of sp³-hybridized carbons (Fsp3) is 0.562. The van der Waals surface area contributed by atoms with Gasteiger partial charge in [-0.15, -0.1) is 0 Å². The number of halogens is 1. The number of carbonyl (C=O) groups excluding carboxylic acids is 1. The van der Waals surface area contributed by atoms with E-state index >= 15 is 0 Å². The predicted octanol–water partition coefficient (Wildman–Crippen LogP) is 4.42. The van der Waals surface area contributed by atoms with E-state index in [0.29, 0.717) is 5.41 Å². The van der Waals surface area contributed by atoms with Gasteiger partial charge in [-0.05, 0) is 42.9 Å². The molecule has 3 heteroatoms. The van der Waals surface area contributed by atoms with Crippen LogP contribution in [0.15, 0.2) is 22.7 Å². The Morgan fingerprint density at radius 1 is 1.16 bits per heavy atom. The van der Waals surface area contributed by atoms with E-state index in [4.69, 9.17) is 0 Å². The van der Waals surface area contributed by atoms with E-state index in [2.05, 4.69) is 26.9 Å². The number of carbonyl (C=O) groups is 1. The molecule has 1 aromatic carbocycles. The van der Waals surface area contributed by atoms with Gasteiger partial charge in [-0.3, -0.25) is 4.79 Å². The van der Waals surface area contributed by atoms with E-state index in [1.54, 1.807) is 0 Å². The minimum atomic E-state index is 0.528. The topological polar surface area (TPSA) is 20.3 Å². The SMILES string of the molecule is O=Cc1ccc(Br)cc1N1CCC2(CCCCC2)C1. The number of aldehydes is 1. The molecule has 0 unspecified atom stereocenters. The van der Waals surface area contributed by atoms with Gasteiger partial charge in [0.1, 0.15) is 0 Å². The zero-order valence-corrected chi connectivity index (χ0v) is 12.8. The average Bonchev–Trinajstić information content (AvgIpc) is 2.83. The van der Waals surface area contributed by atoms with Crippen LogP contribution in [-0.2, 0) is 0 Å². The summed E-state index contributed by atoms with van der Waals surface area (Å²) in [5, 5.41) is 0. The maximum absolute atomic E-state index is 11.2. The molecule has 0 bridgehead atoms. The monoisotopic (exact) mass is 321 g/mol. The lowest BCUT2D eigenvalue weighted by Crippen LogP contribution is -2.29. The van der Waals surface area contributed by atoms with Crippen molar-refractivity contribution in [2.24, 2.45) is 5.41 Å². The Balaban J connectivity index is 1.84. The summed E-state index contributed by atoms with van der Waals surface area (Å²) in [6, 6.07) is 5.95. The Bertz CT molecular complexity index is 480. The van der Waals surface area contributed by atoms with Crippen LogP contribution >= 0.6 is 15.9 Å². The summed E-state index contributed by atoms with van der Waals surface area (Å²) in [7, 11) is 0. The molecule has 0 N–H and O–H groups in total. The molecular weight excluding hydrogens is 302 g/mol. The van der Waals surface area contributed by atoms with Gasteiger partial charge in [0, 0.05) is 28.8 Å². The Morgan fingerprint density at radius 2 is 1.95 bits per heavy atom. The van der Waals surface area contributed by atoms with Crippen LogP contribution in [0.5, 0.6) is 0 Å². The van der Waals surface area contributed by atoms with Crippen molar-refractivity contribution in [3.8, 4) is 0 Å². The number of hydrogen-bond acceptors (Lipinski definition) is 2. The summed E-state index contributed by atoms with van der Waals surface area (Å²) < 4.78 is 1.05. The number of nitrogens with zero attached hydrogens (tertiary/aromatic N) is 1. The Hall–Kier alpha value is -0.830. The van der Waals surface area contributed by atoms with Crippen LogP contribution in [0, 0.1) is 5.41 Å². The first-order valence-corrected chi connectivity index (χ1v) is 8.01. The molecule has 19 heavy (non-hydrogen) atoms. The maximum Gasteiger partial charge on any atom is 0.152 e. The van der Waals surface area contributed by atoms with E-state index in [1.165, 1.54) is 38.5 Å². The highest BCUT2D eigenvalue weighted by Crippen LogP contribution is 2.45. The van der Waals surface area contributed by atoms with Crippen LogP contribution in [-0.4, -0.2) is 19.4 Å². The quantitative estimate of drug-likeness (QED) is 0.751. The molecule has 102 valence electrons. The molecule has 3 rings (SSSR count). The second-order valence-corrected chi connectivity index (χ2v) is 6.97. The van der Waals surface area contributed by atoms with Crippen molar-refractivity contribution in [3.63, 3.8) is 0 Å². The molecule has 1 aromatic rings. The highest BCUT2D eigenvalue weighted by atomic mass is 79.9. The molecule has 1 aliphatic carbocycles. The van der Waals surface area contributed by atoms with E-state index in [9.17, 15) is 4.79 Å². The van der Waals surface area contributed by atoms with Crippen molar-refractivity contribution in [1.82, 2.24) is 0 Å². The third kappa shape index (κ3) is 2.58. The second-order valence-electron chi connectivity index (χ2n) is 6.05. The van der Waals surface area contributed by atoms with Crippen LogP contribution in [0.4, 0.5) is 5.69 Å². The molecule has 2 fully saturated rings. The molecule has 1 saturated heterocycles. The molecule has 0 amide bonds. The zero-order valence-electron chi connectivity index (χ0n) is 11.2. The first-order valence-electron chi connectivity index (χ1n) is 7.22. The van der Waals surface area contributed by atoms with Crippen molar-refractivity contribution in [1.29, 1.82) is 0 Å². The predicted molar refractivity (Wildman–Crippen MR) is 81.9 cm³/mol. The number of anilines is 1. The van der Waals surface area contributed by atoms with Crippen LogP contribution in [0.25, 0.3) is 0 Å². The van der Waals surface area contributed by atoms with Gasteiger partial charge in [0.2, 0.25) is 0 Å². The van der Waals surface area contributed by atoms with Gasteiger partial charge in [0.05, 0.1) is 0 Å². The molecule has 1 aliphatic heterocycles. The molecule has 0 aromatic heterocycles. The van der Waals surface area contributed by atoms with Crippen LogP contribution < -0.4 is 4.90 Å². The van der Waals surface area contributed by atoms with Crippen molar-refractivity contribution >= 4 is 27.9 Å². The zero-order chi connectivity index (χ0) is 13.3. The van der Waals surface area contributed by atoms with E-state index in [-0.39, 0.29) is 0 Å². The van der Waals surface area contributed by atoms with E-state index < -0.39 is 0 Å². The first-order chi connectivity index (χ1) is 9.22. The molecule has 2 aliphatic rings. The van der Waals surface area contributed by atoms with Gasteiger partial charge in [0.25, 0.3) is 0 Å². The van der Waals surface area contributed by atoms with Crippen molar-refractivity contribution < 1.29 is 4.79 Å². The summed E-state index contributed by atoms with van der Waals surface area (Å²) in [4.78, 5) is 13.6. The van der Waals surface area contributed by atoms with Crippen molar-refractivity contribution in [3.05, 3.63) is 28.2 Å². The van der Waals surface area contributed by atoms with Crippen molar-refractivity contribution in [2.75, 3.05) is 18.0 Å². The van der Waals surface area contributed by atoms with Gasteiger partial charge in [-0.25, -0.2) is 0 Å². The maximum atomic E-state index is 11.2. The van der Waals surface area contributed by atoms with E-state index in [0.717, 1.165) is 35.1 Å². The molecule has 1 saturated carbocycles. The molecule has 1 heterocycles. The number of rotatable bonds is 2.